The zero-order valence-electron chi connectivity index (χ0n) is 15.9. The van der Waals surface area contributed by atoms with Gasteiger partial charge < -0.3 is 10.1 Å². The van der Waals surface area contributed by atoms with Crippen molar-refractivity contribution >= 4 is 29.1 Å². The van der Waals surface area contributed by atoms with Crippen molar-refractivity contribution in [2.24, 2.45) is 0 Å². The van der Waals surface area contributed by atoms with Crippen LogP contribution >= 0.6 is 11.8 Å². The maximum Gasteiger partial charge on any atom is 0.237 e. The molecule has 0 aliphatic heterocycles. The fourth-order valence-electron chi connectivity index (χ4n) is 2.56. The summed E-state index contributed by atoms with van der Waals surface area (Å²) in [7, 11) is 1.63. The van der Waals surface area contributed by atoms with Gasteiger partial charge in [0.15, 0.2) is 10.9 Å². The number of amides is 1. The Labute approximate surface area is 167 Å². The smallest absolute Gasteiger partial charge is 0.237 e. The van der Waals surface area contributed by atoms with Crippen LogP contribution in [-0.2, 0) is 4.79 Å². The first-order valence-corrected chi connectivity index (χ1v) is 9.62. The molecule has 6 nitrogen and oxygen atoms in total. The minimum absolute atomic E-state index is 0.00725. The average Bonchev–Trinajstić information content (AvgIpc) is 3.16. The molecule has 0 aliphatic carbocycles. The first-order valence-electron chi connectivity index (χ1n) is 8.74. The van der Waals surface area contributed by atoms with Crippen molar-refractivity contribution in [2.45, 2.75) is 24.3 Å². The van der Waals surface area contributed by atoms with Crippen LogP contribution < -0.4 is 10.1 Å². The van der Waals surface area contributed by atoms with Crippen LogP contribution in [-0.4, -0.2) is 33.6 Å². The van der Waals surface area contributed by atoms with E-state index in [1.54, 1.807) is 37.6 Å². The highest BCUT2D eigenvalue weighted by Gasteiger charge is 2.18. The highest BCUT2D eigenvalue weighted by molar-refractivity contribution is 8.00. The summed E-state index contributed by atoms with van der Waals surface area (Å²) < 4.78 is 7.11. The Morgan fingerprint density at radius 1 is 1.11 bits per heavy atom. The first kappa shape index (κ1) is 19.7. The van der Waals surface area contributed by atoms with Gasteiger partial charge >= 0.3 is 0 Å². The van der Waals surface area contributed by atoms with Crippen LogP contribution in [0.2, 0.25) is 0 Å². The summed E-state index contributed by atoms with van der Waals surface area (Å²) in [6, 6.07) is 14.5. The Hall–Kier alpha value is -3.06. The molecule has 1 heterocycles. The van der Waals surface area contributed by atoms with E-state index >= 15 is 0 Å². The van der Waals surface area contributed by atoms with Gasteiger partial charge in [-0.15, -0.1) is 0 Å². The molecular weight excluding hydrogens is 374 g/mol. The highest BCUT2D eigenvalue weighted by atomic mass is 32.2. The molecule has 1 N–H and O–H groups in total. The maximum atomic E-state index is 12.5. The molecule has 0 spiro atoms. The average molecular weight is 395 g/mol. The predicted molar refractivity (Wildman–Crippen MR) is 111 cm³/mol. The maximum absolute atomic E-state index is 12.5. The Kier molecular flexibility index (Phi) is 6.16. The summed E-state index contributed by atoms with van der Waals surface area (Å²) in [6.45, 7) is 3.34. The third-order valence-electron chi connectivity index (χ3n) is 4.17. The third-order valence-corrected chi connectivity index (χ3v) is 5.25. The van der Waals surface area contributed by atoms with E-state index in [1.165, 1.54) is 18.7 Å². The van der Waals surface area contributed by atoms with Crippen LogP contribution in [0.5, 0.6) is 5.75 Å². The molecule has 2 aromatic carbocycles. The molecule has 0 saturated carbocycles. The summed E-state index contributed by atoms with van der Waals surface area (Å²) >= 11 is 1.37. The zero-order valence-corrected chi connectivity index (χ0v) is 16.7. The standard InChI is InChI=1S/C21H21N3O3S/c1-14(25)16-4-6-17(7-5-16)23-20(26)15(2)28-21-22-12-13-24(21)18-8-10-19(27-3)11-9-18/h4-13,15H,1-3H3,(H,23,26)/t15-/m0/s1. The van der Waals surface area contributed by atoms with Crippen LogP contribution in [0.25, 0.3) is 5.69 Å². The number of imidazole rings is 1. The van der Waals surface area contributed by atoms with E-state index in [1.807, 2.05) is 42.0 Å². The number of hydrogen-bond donors (Lipinski definition) is 1. The van der Waals surface area contributed by atoms with Crippen LogP contribution in [0.1, 0.15) is 24.2 Å². The fraction of sp³-hybridized carbons (Fsp3) is 0.190. The van der Waals surface area contributed by atoms with Crippen molar-refractivity contribution < 1.29 is 14.3 Å². The number of nitrogens with zero attached hydrogens (tertiary/aromatic N) is 2. The molecule has 3 rings (SSSR count). The molecule has 7 heteroatoms. The van der Waals surface area contributed by atoms with E-state index in [0.717, 1.165) is 16.6 Å². The van der Waals surface area contributed by atoms with Crippen molar-refractivity contribution in [3.63, 3.8) is 0 Å². The van der Waals surface area contributed by atoms with E-state index < -0.39 is 0 Å². The predicted octanol–water partition coefficient (Wildman–Crippen LogP) is 4.20. The molecule has 0 bridgehead atoms. The third kappa shape index (κ3) is 4.61. The second kappa shape index (κ2) is 8.75. The van der Waals surface area contributed by atoms with Crippen molar-refractivity contribution in [1.82, 2.24) is 9.55 Å². The molecule has 0 unspecified atom stereocenters. The second-order valence-corrected chi connectivity index (χ2v) is 7.47. The Morgan fingerprint density at radius 2 is 1.79 bits per heavy atom. The van der Waals surface area contributed by atoms with E-state index in [4.69, 9.17) is 4.74 Å². The zero-order chi connectivity index (χ0) is 20.1. The minimum Gasteiger partial charge on any atom is -0.497 e. The van der Waals surface area contributed by atoms with E-state index in [-0.39, 0.29) is 16.9 Å². The van der Waals surface area contributed by atoms with Crippen molar-refractivity contribution in [3.8, 4) is 11.4 Å². The topological polar surface area (TPSA) is 73.2 Å². The number of rotatable bonds is 7. The monoisotopic (exact) mass is 395 g/mol. The summed E-state index contributed by atoms with van der Waals surface area (Å²) in [5.41, 5.74) is 2.20. The summed E-state index contributed by atoms with van der Waals surface area (Å²) in [4.78, 5) is 28.3. The molecule has 3 aromatic rings. The normalized spacial score (nSPS) is 11.7. The number of ether oxygens (including phenoxy) is 1. The van der Waals surface area contributed by atoms with Gasteiger partial charge in [-0.2, -0.15) is 0 Å². The van der Waals surface area contributed by atoms with E-state index in [2.05, 4.69) is 10.3 Å². The van der Waals surface area contributed by atoms with Gasteiger partial charge in [-0.3, -0.25) is 14.2 Å². The number of Topliss-reactive ketones (excluding diaryl/α,β-unsaturated/α-hetero) is 1. The number of methoxy groups -OCH3 is 1. The summed E-state index contributed by atoms with van der Waals surface area (Å²) in [6.07, 6.45) is 3.56. The highest BCUT2D eigenvalue weighted by Crippen LogP contribution is 2.26. The molecule has 0 fully saturated rings. The lowest BCUT2D eigenvalue weighted by Crippen LogP contribution is -2.22. The fourth-order valence-corrected chi connectivity index (χ4v) is 3.44. The number of carbonyl (C=O) groups excluding carboxylic acids is 2. The molecule has 1 atom stereocenters. The molecule has 28 heavy (non-hydrogen) atoms. The minimum atomic E-state index is -0.355. The Bertz CT molecular complexity index is 965. The molecule has 0 aliphatic rings. The number of carbonyl (C=O) groups is 2. The number of ketones is 1. The van der Waals surface area contributed by atoms with Gasteiger partial charge in [0.05, 0.1) is 12.4 Å². The van der Waals surface area contributed by atoms with Crippen LogP contribution in [0.15, 0.2) is 66.1 Å². The first-order chi connectivity index (χ1) is 13.5. The number of nitrogens with one attached hydrogen (secondary N) is 1. The van der Waals surface area contributed by atoms with Crippen molar-refractivity contribution in [3.05, 3.63) is 66.5 Å². The molecule has 0 saturated heterocycles. The van der Waals surface area contributed by atoms with E-state index in [9.17, 15) is 9.59 Å². The molecular formula is C21H21N3O3S. The number of thioether (sulfide) groups is 1. The van der Waals surface area contributed by atoms with Crippen molar-refractivity contribution in [1.29, 1.82) is 0 Å². The van der Waals surface area contributed by atoms with Gasteiger partial charge in [0.1, 0.15) is 5.75 Å². The second-order valence-electron chi connectivity index (χ2n) is 6.16. The number of benzene rings is 2. The van der Waals surface area contributed by atoms with Gasteiger partial charge in [-0.25, -0.2) is 4.98 Å². The Balaban J connectivity index is 1.67. The lowest BCUT2D eigenvalue weighted by Gasteiger charge is -2.13. The van der Waals surface area contributed by atoms with Gasteiger partial charge in [-0.1, -0.05) is 11.8 Å². The van der Waals surface area contributed by atoms with Gasteiger partial charge in [-0.05, 0) is 62.4 Å². The summed E-state index contributed by atoms with van der Waals surface area (Å²) in [5.74, 6) is 0.638. The van der Waals surface area contributed by atoms with Gasteiger partial charge in [0, 0.05) is 29.3 Å². The van der Waals surface area contributed by atoms with Crippen LogP contribution in [0.3, 0.4) is 0 Å². The Morgan fingerprint density at radius 3 is 2.39 bits per heavy atom. The quantitative estimate of drug-likeness (QED) is 0.479. The van der Waals surface area contributed by atoms with Crippen LogP contribution in [0.4, 0.5) is 5.69 Å². The lowest BCUT2D eigenvalue weighted by molar-refractivity contribution is -0.115. The largest absolute Gasteiger partial charge is 0.497 e. The SMILES string of the molecule is COc1ccc(-n2ccnc2S[C@@H](C)C(=O)Nc2ccc(C(C)=O)cc2)cc1. The van der Waals surface area contributed by atoms with Crippen molar-refractivity contribution in [2.75, 3.05) is 12.4 Å². The van der Waals surface area contributed by atoms with E-state index in [0.29, 0.717) is 11.3 Å². The lowest BCUT2D eigenvalue weighted by atomic mass is 10.1. The summed E-state index contributed by atoms with van der Waals surface area (Å²) in [5, 5.41) is 3.24. The molecule has 144 valence electrons. The molecule has 1 aromatic heterocycles. The number of aromatic nitrogens is 2. The molecule has 0 radical (unpaired) electrons. The van der Waals surface area contributed by atoms with Crippen LogP contribution in [0, 0.1) is 0 Å². The number of anilines is 1. The number of hydrogen-bond acceptors (Lipinski definition) is 5. The van der Waals surface area contributed by atoms with Gasteiger partial charge in [0.25, 0.3) is 0 Å². The van der Waals surface area contributed by atoms with Gasteiger partial charge in [0.2, 0.25) is 5.91 Å². The molecule has 1 amide bonds.